The summed E-state index contributed by atoms with van der Waals surface area (Å²) in [6.45, 7) is 7.17. The van der Waals surface area contributed by atoms with Crippen LogP contribution in [0.5, 0.6) is 11.5 Å². The van der Waals surface area contributed by atoms with Crippen LogP contribution in [0.15, 0.2) is 47.4 Å². The Morgan fingerprint density at radius 1 is 1.11 bits per heavy atom. The van der Waals surface area contributed by atoms with Gasteiger partial charge in [0.1, 0.15) is 0 Å². The Morgan fingerprint density at radius 3 is 2.64 bits per heavy atom. The lowest BCUT2D eigenvalue weighted by Crippen LogP contribution is -2.27. The molecule has 1 heterocycles. The maximum absolute atomic E-state index is 12.9. The van der Waals surface area contributed by atoms with Gasteiger partial charge in [-0.3, -0.25) is 9.69 Å². The van der Waals surface area contributed by atoms with Crippen LogP contribution in [0.2, 0.25) is 0 Å². The largest absolute Gasteiger partial charge is 0.490 e. The van der Waals surface area contributed by atoms with E-state index in [0.29, 0.717) is 33.9 Å². The fraction of sp³-hybridized carbons (Fsp3) is 0.273. The maximum atomic E-state index is 12.9. The number of carbonyl (C=O) groups is 1. The van der Waals surface area contributed by atoms with E-state index in [1.807, 2.05) is 62.4 Å². The van der Waals surface area contributed by atoms with Gasteiger partial charge in [0.15, 0.2) is 15.8 Å². The van der Waals surface area contributed by atoms with Crippen molar-refractivity contribution in [1.29, 1.82) is 0 Å². The van der Waals surface area contributed by atoms with E-state index >= 15 is 0 Å². The summed E-state index contributed by atoms with van der Waals surface area (Å²) in [6, 6.07) is 13.5. The van der Waals surface area contributed by atoms with Gasteiger partial charge in [-0.1, -0.05) is 49.1 Å². The van der Waals surface area contributed by atoms with Crippen molar-refractivity contribution in [2.24, 2.45) is 0 Å². The normalized spacial score (nSPS) is 15.4. The molecular formula is C22H23NO3S2. The van der Waals surface area contributed by atoms with Gasteiger partial charge in [0.25, 0.3) is 5.91 Å². The van der Waals surface area contributed by atoms with Crippen LogP contribution in [-0.4, -0.2) is 23.4 Å². The molecule has 1 aliphatic rings. The zero-order valence-corrected chi connectivity index (χ0v) is 17.9. The number of ether oxygens (including phenoxy) is 2. The predicted molar refractivity (Wildman–Crippen MR) is 120 cm³/mol. The van der Waals surface area contributed by atoms with Crippen LogP contribution in [0.25, 0.3) is 6.08 Å². The molecule has 0 aliphatic carbocycles. The third-order valence-corrected chi connectivity index (χ3v) is 5.38. The molecule has 0 aromatic heterocycles. The first-order chi connectivity index (χ1) is 13.5. The van der Waals surface area contributed by atoms with Crippen molar-refractivity contribution < 1.29 is 14.3 Å². The third kappa shape index (κ3) is 4.56. The second-order valence-electron chi connectivity index (χ2n) is 6.34. The number of thioether (sulfide) groups is 1. The number of amides is 1. The molecule has 0 spiro atoms. The Hall–Kier alpha value is -2.31. The molecule has 0 N–H and O–H groups in total. The van der Waals surface area contributed by atoms with Crippen molar-refractivity contribution in [1.82, 2.24) is 0 Å². The zero-order valence-electron chi connectivity index (χ0n) is 16.2. The van der Waals surface area contributed by atoms with E-state index in [4.69, 9.17) is 21.7 Å². The molecule has 3 rings (SSSR count). The molecule has 0 radical (unpaired) electrons. The molecule has 1 saturated heterocycles. The summed E-state index contributed by atoms with van der Waals surface area (Å²) >= 11 is 6.77. The van der Waals surface area contributed by atoms with Crippen LogP contribution < -0.4 is 14.4 Å². The van der Waals surface area contributed by atoms with E-state index in [2.05, 4.69) is 6.92 Å². The second-order valence-corrected chi connectivity index (χ2v) is 8.02. The molecule has 2 aromatic carbocycles. The molecule has 0 saturated carbocycles. The predicted octanol–water partition coefficient (Wildman–Crippen LogP) is 5.59. The van der Waals surface area contributed by atoms with Gasteiger partial charge in [-0.05, 0) is 61.7 Å². The monoisotopic (exact) mass is 413 g/mol. The van der Waals surface area contributed by atoms with Crippen molar-refractivity contribution >= 4 is 46.0 Å². The van der Waals surface area contributed by atoms with Gasteiger partial charge < -0.3 is 9.47 Å². The minimum atomic E-state index is -0.107. The summed E-state index contributed by atoms with van der Waals surface area (Å²) in [6.07, 6.45) is 2.77. The maximum Gasteiger partial charge on any atom is 0.270 e. The molecule has 1 amide bonds. The molecular weight excluding hydrogens is 390 g/mol. The van der Waals surface area contributed by atoms with Gasteiger partial charge in [-0.25, -0.2) is 0 Å². The van der Waals surface area contributed by atoms with Crippen molar-refractivity contribution in [3.63, 3.8) is 0 Å². The summed E-state index contributed by atoms with van der Waals surface area (Å²) in [4.78, 5) is 15.1. The molecule has 1 aliphatic heterocycles. The Balaban J connectivity index is 1.88. The van der Waals surface area contributed by atoms with Crippen LogP contribution in [0.4, 0.5) is 5.69 Å². The molecule has 0 unspecified atom stereocenters. The highest BCUT2D eigenvalue weighted by atomic mass is 32.2. The highest BCUT2D eigenvalue weighted by molar-refractivity contribution is 8.27. The van der Waals surface area contributed by atoms with Gasteiger partial charge in [0.2, 0.25) is 0 Å². The Bertz CT molecular complexity index is 924. The highest BCUT2D eigenvalue weighted by Crippen LogP contribution is 2.37. The number of hydrogen-bond acceptors (Lipinski definition) is 5. The fourth-order valence-corrected chi connectivity index (χ4v) is 4.12. The molecule has 0 atom stereocenters. The molecule has 28 heavy (non-hydrogen) atoms. The van der Waals surface area contributed by atoms with Gasteiger partial charge in [0.05, 0.1) is 23.8 Å². The number of benzene rings is 2. The second kappa shape index (κ2) is 9.26. The summed E-state index contributed by atoms with van der Waals surface area (Å²) in [5.41, 5.74) is 2.75. The van der Waals surface area contributed by atoms with E-state index < -0.39 is 0 Å². The Kier molecular flexibility index (Phi) is 6.75. The lowest BCUT2D eigenvalue weighted by atomic mass is 10.1. The average Bonchev–Trinajstić information content (AvgIpc) is 2.94. The number of hydrogen-bond donors (Lipinski definition) is 0. The fourth-order valence-electron chi connectivity index (χ4n) is 2.82. The van der Waals surface area contributed by atoms with Crippen LogP contribution >= 0.6 is 24.0 Å². The molecule has 0 bridgehead atoms. The minimum absolute atomic E-state index is 0.107. The number of rotatable bonds is 7. The van der Waals surface area contributed by atoms with Crippen LogP contribution in [-0.2, 0) is 4.79 Å². The molecule has 2 aromatic rings. The molecule has 4 nitrogen and oxygen atoms in total. The van der Waals surface area contributed by atoms with E-state index in [1.54, 1.807) is 4.90 Å². The topological polar surface area (TPSA) is 38.8 Å². The highest BCUT2D eigenvalue weighted by Gasteiger charge is 2.33. The Morgan fingerprint density at radius 2 is 1.93 bits per heavy atom. The minimum Gasteiger partial charge on any atom is -0.490 e. The van der Waals surface area contributed by atoms with Gasteiger partial charge >= 0.3 is 0 Å². The quantitative estimate of drug-likeness (QED) is 0.437. The van der Waals surface area contributed by atoms with Crippen molar-refractivity contribution in [3.8, 4) is 11.5 Å². The van der Waals surface area contributed by atoms with E-state index in [-0.39, 0.29) is 5.91 Å². The summed E-state index contributed by atoms with van der Waals surface area (Å²) in [5.74, 6) is 1.29. The van der Waals surface area contributed by atoms with E-state index in [1.165, 1.54) is 11.8 Å². The SMILES string of the molecule is CCCOc1ccc(/C=C2/SC(=S)N(c3cccc(C)c3)C2=O)cc1OCC. The molecule has 6 heteroatoms. The van der Waals surface area contributed by atoms with Crippen molar-refractivity contribution in [2.45, 2.75) is 27.2 Å². The first-order valence-corrected chi connectivity index (χ1v) is 10.5. The van der Waals surface area contributed by atoms with Crippen molar-refractivity contribution in [3.05, 3.63) is 58.5 Å². The standard InChI is InChI=1S/C22H23NO3S2/c1-4-11-26-18-10-9-16(13-19(18)25-5-2)14-20-21(24)23(22(27)28-20)17-8-6-7-15(3)12-17/h6-10,12-14H,4-5,11H2,1-3H3/b20-14+. The van der Waals surface area contributed by atoms with Gasteiger partial charge in [0, 0.05) is 0 Å². The molecule has 1 fully saturated rings. The number of carbonyl (C=O) groups excluding carboxylic acids is 1. The number of thiocarbonyl (C=S) groups is 1. The van der Waals surface area contributed by atoms with Gasteiger partial charge in [-0.2, -0.15) is 0 Å². The summed E-state index contributed by atoms with van der Waals surface area (Å²) in [5, 5.41) is 0. The Labute approximate surface area is 175 Å². The zero-order chi connectivity index (χ0) is 20.1. The summed E-state index contributed by atoms with van der Waals surface area (Å²) < 4.78 is 12.0. The lowest BCUT2D eigenvalue weighted by Gasteiger charge is -2.15. The third-order valence-electron chi connectivity index (χ3n) is 4.08. The first kappa shape index (κ1) is 20.4. The van der Waals surface area contributed by atoms with E-state index in [9.17, 15) is 4.79 Å². The van der Waals surface area contributed by atoms with Crippen molar-refractivity contribution in [2.75, 3.05) is 18.1 Å². The number of aryl methyl sites for hydroxylation is 1. The van der Waals surface area contributed by atoms with E-state index in [0.717, 1.165) is 23.2 Å². The van der Waals surface area contributed by atoms with Crippen LogP contribution in [0.1, 0.15) is 31.4 Å². The van der Waals surface area contributed by atoms with Crippen LogP contribution in [0.3, 0.4) is 0 Å². The lowest BCUT2D eigenvalue weighted by molar-refractivity contribution is -0.113. The van der Waals surface area contributed by atoms with Crippen LogP contribution in [0, 0.1) is 6.92 Å². The summed E-state index contributed by atoms with van der Waals surface area (Å²) in [7, 11) is 0. The van der Waals surface area contributed by atoms with Gasteiger partial charge in [-0.15, -0.1) is 0 Å². The smallest absolute Gasteiger partial charge is 0.270 e. The number of nitrogens with zero attached hydrogens (tertiary/aromatic N) is 1. The number of anilines is 1. The first-order valence-electron chi connectivity index (χ1n) is 9.27. The molecule has 146 valence electrons. The average molecular weight is 414 g/mol.